The molecule has 0 saturated carbocycles. The summed E-state index contributed by atoms with van der Waals surface area (Å²) in [6.07, 6.45) is 5.07. The minimum atomic E-state index is -0.0967. The molecule has 0 aliphatic heterocycles. The Balaban J connectivity index is 1.77. The molecule has 100 valence electrons. The number of nitrogens with zero attached hydrogens (tertiary/aromatic N) is 1. The Morgan fingerprint density at radius 1 is 1.30 bits per heavy atom. The number of nitrogens with one attached hydrogen (secondary N) is 2. The van der Waals surface area contributed by atoms with E-state index in [1.807, 2.05) is 24.3 Å². The second-order valence-electron chi connectivity index (χ2n) is 4.53. The Bertz CT molecular complexity index is 750. The van der Waals surface area contributed by atoms with Crippen LogP contribution in [0, 0.1) is 0 Å². The number of hydrogen-bond acceptors (Lipinski definition) is 3. The zero-order chi connectivity index (χ0) is 13.9. The van der Waals surface area contributed by atoms with Crippen molar-refractivity contribution in [3.05, 3.63) is 60.0 Å². The molecule has 4 N–H and O–H groups in total. The predicted octanol–water partition coefficient (Wildman–Crippen LogP) is 2.08. The molecule has 5 nitrogen and oxygen atoms in total. The van der Waals surface area contributed by atoms with E-state index in [9.17, 15) is 4.79 Å². The first-order chi connectivity index (χ1) is 9.74. The number of aromatic nitrogens is 2. The summed E-state index contributed by atoms with van der Waals surface area (Å²) in [7, 11) is 0. The number of anilines is 1. The molecule has 20 heavy (non-hydrogen) atoms. The Kier molecular flexibility index (Phi) is 3.09. The van der Waals surface area contributed by atoms with Gasteiger partial charge in [-0.05, 0) is 29.1 Å². The van der Waals surface area contributed by atoms with E-state index >= 15 is 0 Å². The van der Waals surface area contributed by atoms with Crippen LogP contribution in [0.15, 0.2) is 48.9 Å². The van der Waals surface area contributed by atoms with E-state index < -0.39 is 0 Å². The number of nitrogens with two attached hydrogens (primary N) is 1. The monoisotopic (exact) mass is 266 g/mol. The molecule has 0 spiro atoms. The van der Waals surface area contributed by atoms with Gasteiger partial charge in [0.2, 0.25) is 0 Å². The van der Waals surface area contributed by atoms with Crippen molar-refractivity contribution in [3.8, 4) is 0 Å². The number of amides is 1. The van der Waals surface area contributed by atoms with Crippen LogP contribution >= 0.6 is 0 Å². The molecule has 5 heteroatoms. The molecule has 2 aromatic heterocycles. The fourth-order valence-corrected chi connectivity index (χ4v) is 2.11. The molecule has 0 unspecified atom stereocenters. The number of benzene rings is 1. The van der Waals surface area contributed by atoms with Crippen molar-refractivity contribution < 1.29 is 4.79 Å². The highest BCUT2D eigenvalue weighted by atomic mass is 16.1. The van der Waals surface area contributed by atoms with Crippen LogP contribution in [0.3, 0.4) is 0 Å². The number of rotatable bonds is 3. The van der Waals surface area contributed by atoms with Crippen LogP contribution in [0.5, 0.6) is 0 Å². The van der Waals surface area contributed by atoms with Gasteiger partial charge in [-0.15, -0.1) is 0 Å². The lowest BCUT2D eigenvalue weighted by atomic mass is 10.1. The summed E-state index contributed by atoms with van der Waals surface area (Å²) in [5.74, 6) is 0.422. The Morgan fingerprint density at radius 3 is 3.00 bits per heavy atom. The first kappa shape index (κ1) is 12.2. The van der Waals surface area contributed by atoms with Crippen molar-refractivity contribution in [2.45, 2.75) is 6.54 Å². The first-order valence-corrected chi connectivity index (χ1v) is 6.28. The van der Waals surface area contributed by atoms with Gasteiger partial charge >= 0.3 is 0 Å². The molecule has 0 aliphatic carbocycles. The van der Waals surface area contributed by atoms with Crippen molar-refractivity contribution >= 4 is 22.5 Å². The lowest BCUT2D eigenvalue weighted by Crippen LogP contribution is -2.22. The van der Waals surface area contributed by atoms with Crippen LogP contribution in [0.1, 0.15) is 15.9 Å². The van der Waals surface area contributed by atoms with Gasteiger partial charge in [-0.2, -0.15) is 0 Å². The zero-order valence-corrected chi connectivity index (χ0v) is 10.8. The van der Waals surface area contributed by atoms with Crippen molar-refractivity contribution in [3.63, 3.8) is 0 Å². The summed E-state index contributed by atoms with van der Waals surface area (Å²) in [6.45, 7) is 0.474. The highest BCUT2D eigenvalue weighted by Gasteiger charge is 2.05. The summed E-state index contributed by atoms with van der Waals surface area (Å²) in [5, 5.41) is 4.82. The molecule has 1 amide bonds. The molecular weight excluding hydrogens is 252 g/mol. The smallest absolute Gasteiger partial charge is 0.253 e. The molecule has 1 aromatic carbocycles. The van der Waals surface area contributed by atoms with E-state index in [1.54, 1.807) is 24.7 Å². The van der Waals surface area contributed by atoms with E-state index in [2.05, 4.69) is 15.3 Å². The van der Waals surface area contributed by atoms with Crippen molar-refractivity contribution in [1.29, 1.82) is 0 Å². The maximum absolute atomic E-state index is 11.8. The molecule has 3 aromatic rings. The second kappa shape index (κ2) is 5.05. The normalized spacial score (nSPS) is 10.6. The fourth-order valence-electron chi connectivity index (χ4n) is 2.11. The third kappa shape index (κ3) is 2.33. The number of H-pyrrole nitrogens is 1. The van der Waals surface area contributed by atoms with Crippen molar-refractivity contribution in [1.82, 2.24) is 15.3 Å². The maximum atomic E-state index is 11.8. The predicted molar refractivity (Wildman–Crippen MR) is 78.1 cm³/mol. The average molecular weight is 266 g/mol. The number of carbonyl (C=O) groups excluding carboxylic acids is 1. The molecule has 0 saturated heterocycles. The van der Waals surface area contributed by atoms with Gasteiger partial charge in [0, 0.05) is 30.5 Å². The number of hydrogen-bond donors (Lipinski definition) is 3. The Hall–Kier alpha value is -2.82. The Morgan fingerprint density at radius 2 is 2.20 bits per heavy atom. The van der Waals surface area contributed by atoms with E-state index in [-0.39, 0.29) is 5.91 Å². The van der Waals surface area contributed by atoms with Gasteiger partial charge in [0.15, 0.2) is 0 Å². The van der Waals surface area contributed by atoms with Gasteiger partial charge in [0.1, 0.15) is 5.82 Å². The number of nitrogen functional groups attached to an aromatic ring is 1. The minimum absolute atomic E-state index is 0.0967. The SMILES string of the molecule is Nc1nccc2cc(CNC(=O)c3cc[nH]c3)ccc12. The third-order valence-corrected chi connectivity index (χ3v) is 3.17. The molecule has 0 aliphatic rings. The third-order valence-electron chi connectivity index (χ3n) is 3.17. The fraction of sp³-hybridized carbons (Fsp3) is 0.0667. The van der Waals surface area contributed by atoms with Crippen LogP contribution in [0.4, 0.5) is 5.82 Å². The van der Waals surface area contributed by atoms with Crippen molar-refractivity contribution in [2.75, 3.05) is 5.73 Å². The number of carbonyl (C=O) groups is 1. The van der Waals surface area contributed by atoms with Gasteiger partial charge in [-0.3, -0.25) is 4.79 Å². The molecule has 0 atom stereocenters. The quantitative estimate of drug-likeness (QED) is 0.678. The lowest BCUT2D eigenvalue weighted by Gasteiger charge is -2.06. The van der Waals surface area contributed by atoms with Gasteiger partial charge < -0.3 is 16.0 Å². The highest BCUT2D eigenvalue weighted by Crippen LogP contribution is 2.19. The van der Waals surface area contributed by atoms with E-state index in [0.717, 1.165) is 16.3 Å². The van der Waals surface area contributed by atoms with E-state index in [4.69, 9.17) is 5.73 Å². The number of aromatic amines is 1. The maximum Gasteiger partial charge on any atom is 0.253 e. The average Bonchev–Trinajstić information content (AvgIpc) is 2.99. The van der Waals surface area contributed by atoms with Crippen LogP contribution < -0.4 is 11.1 Å². The van der Waals surface area contributed by atoms with Crippen LogP contribution in [0.2, 0.25) is 0 Å². The van der Waals surface area contributed by atoms with Gasteiger partial charge in [-0.25, -0.2) is 4.98 Å². The zero-order valence-electron chi connectivity index (χ0n) is 10.8. The molecule has 3 rings (SSSR count). The second-order valence-corrected chi connectivity index (χ2v) is 4.53. The number of fused-ring (bicyclic) bond motifs is 1. The molecule has 0 radical (unpaired) electrons. The van der Waals surface area contributed by atoms with Gasteiger partial charge in [0.25, 0.3) is 5.91 Å². The summed E-state index contributed by atoms with van der Waals surface area (Å²) >= 11 is 0. The topological polar surface area (TPSA) is 83.8 Å². The summed E-state index contributed by atoms with van der Waals surface area (Å²) in [4.78, 5) is 18.7. The van der Waals surface area contributed by atoms with E-state index in [1.165, 1.54) is 0 Å². The van der Waals surface area contributed by atoms with Crippen LogP contribution in [-0.2, 0) is 6.54 Å². The molecular formula is C15H14N4O. The largest absolute Gasteiger partial charge is 0.383 e. The Labute approximate surface area is 115 Å². The summed E-state index contributed by atoms with van der Waals surface area (Å²) < 4.78 is 0. The highest BCUT2D eigenvalue weighted by molar-refractivity contribution is 5.94. The molecule has 2 heterocycles. The van der Waals surface area contributed by atoms with E-state index in [0.29, 0.717) is 17.9 Å². The van der Waals surface area contributed by atoms with Crippen molar-refractivity contribution in [2.24, 2.45) is 0 Å². The summed E-state index contributed by atoms with van der Waals surface area (Å²) in [5.41, 5.74) is 7.45. The molecule has 0 fully saturated rings. The lowest BCUT2D eigenvalue weighted by molar-refractivity contribution is 0.0951. The van der Waals surface area contributed by atoms with Crippen LogP contribution in [0.25, 0.3) is 10.8 Å². The summed E-state index contributed by atoms with van der Waals surface area (Å²) in [6, 6.07) is 9.52. The van der Waals surface area contributed by atoms with Gasteiger partial charge in [-0.1, -0.05) is 12.1 Å². The standard InChI is InChI=1S/C15H14N4O/c16-14-13-2-1-10(7-11(13)4-6-18-14)8-19-15(20)12-3-5-17-9-12/h1-7,9,17H,8H2,(H2,16,18)(H,19,20). The number of pyridine rings is 1. The first-order valence-electron chi connectivity index (χ1n) is 6.28. The minimum Gasteiger partial charge on any atom is -0.383 e. The van der Waals surface area contributed by atoms with Gasteiger partial charge in [0.05, 0.1) is 5.56 Å². The van der Waals surface area contributed by atoms with Crippen LogP contribution in [-0.4, -0.2) is 15.9 Å². The molecule has 0 bridgehead atoms.